The number of esters is 1. The van der Waals surface area contributed by atoms with Gasteiger partial charge in [0, 0.05) is 24.8 Å². The van der Waals surface area contributed by atoms with Gasteiger partial charge in [0.2, 0.25) is 0 Å². The standard InChI is InChI=1S/C21H28O5/c1-15(22)13-17(23)14-19(24)21-18-11-8-7-10-16(18)9-5-3-2-4-6-12-20(25)26-21/h7-8,10-11,17,21,23H,2-6,9,12-14H2,1H3/t17-,21-/m1/s1. The molecule has 0 saturated carbocycles. The van der Waals surface area contributed by atoms with E-state index in [9.17, 15) is 19.5 Å². The van der Waals surface area contributed by atoms with Crippen LogP contribution in [0.1, 0.15) is 75.5 Å². The van der Waals surface area contributed by atoms with Gasteiger partial charge in [0.15, 0.2) is 11.9 Å². The molecule has 0 aromatic heterocycles. The van der Waals surface area contributed by atoms with Crippen LogP contribution in [0.25, 0.3) is 0 Å². The van der Waals surface area contributed by atoms with Gasteiger partial charge >= 0.3 is 5.97 Å². The van der Waals surface area contributed by atoms with E-state index in [1.54, 1.807) is 0 Å². The Bertz CT molecular complexity index is 637. The summed E-state index contributed by atoms with van der Waals surface area (Å²) in [6.45, 7) is 1.37. The smallest absolute Gasteiger partial charge is 0.306 e. The number of hydrogen-bond donors (Lipinski definition) is 1. The first kappa shape index (κ1) is 20.3. The molecule has 0 aliphatic carbocycles. The minimum absolute atomic E-state index is 0.0753. The number of ether oxygens (including phenoxy) is 1. The molecule has 0 amide bonds. The number of ketones is 2. The largest absolute Gasteiger partial charge is 0.449 e. The van der Waals surface area contributed by atoms with Crippen LogP contribution in [0, 0.1) is 0 Å². The molecule has 1 N–H and O–H groups in total. The average Bonchev–Trinajstić information content (AvgIpc) is 2.57. The zero-order valence-corrected chi connectivity index (χ0v) is 15.4. The van der Waals surface area contributed by atoms with Crippen molar-refractivity contribution in [3.05, 3.63) is 35.4 Å². The first-order chi connectivity index (χ1) is 12.5. The van der Waals surface area contributed by atoms with Crippen LogP contribution in [0.3, 0.4) is 0 Å². The molecular weight excluding hydrogens is 332 g/mol. The Balaban J connectivity index is 2.25. The monoisotopic (exact) mass is 360 g/mol. The van der Waals surface area contributed by atoms with Gasteiger partial charge in [-0.25, -0.2) is 0 Å². The van der Waals surface area contributed by atoms with E-state index in [1.807, 2.05) is 24.3 Å². The number of fused-ring (bicyclic) bond motifs is 1. The molecule has 0 bridgehead atoms. The first-order valence-corrected chi connectivity index (χ1v) is 9.45. The van der Waals surface area contributed by atoms with Crippen molar-refractivity contribution in [1.82, 2.24) is 0 Å². The van der Waals surface area contributed by atoms with Gasteiger partial charge in [0.1, 0.15) is 5.78 Å². The zero-order chi connectivity index (χ0) is 18.9. The maximum absolute atomic E-state index is 12.8. The summed E-state index contributed by atoms with van der Waals surface area (Å²) in [5.41, 5.74) is 1.70. The minimum atomic E-state index is -1.05. The molecule has 1 aliphatic rings. The lowest BCUT2D eigenvalue weighted by Crippen LogP contribution is -2.26. The zero-order valence-electron chi connectivity index (χ0n) is 15.4. The molecule has 0 radical (unpaired) electrons. The van der Waals surface area contributed by atoms with Crippen molar-refractivity contribution in [3.63, 3.8) is 0 Å². The van der Waals surface area contributed by atoms with Gasteiger partial charge < -0.3 is 9.84 Å². The van der Waals surface area contributed by atoms with Gasteiger partial charge in [0.05, 0.1) is 6.10 Å². The summed E-state index contributed by atoms with van der Waals surface area (Å²) in [6, 6.07) is 7.51. The van der Waals surface area contributed by atoms with E-state index in [0.717, 1.165) is 44.1 Å². The van der Waals surface area contributed by atoms with Crippen LogP contribution in [0.5, 0.6) is 0 Å². The summed E-state index contributed by atoms with van der Waals surface area (Å²) in [6.07, 6.45) is 3.73. The van der Waals surface area contributed by atoms with Crippen LogP contribution in [-0.4, -0.2) is 28.7 Å². The molecule has 5 nitrogen and oxygen atoms in total. The quantitative estimate of drug-likeness (QED) is 0.813. The van der Waals surface area contributed by atoms with E-state index in [2.05, 4.69) is 0 Å². The summed E-state index contributed by atoms with van der Waals surface area (Å²) in [4.78, 5) is 36.1. The van der Waals surface area contributed by atoms with Crippen LogP contribution in [0.2, 0.25) is 0 Å². The first-order valence-electron chi connectivity index (χ1n) is 9.45. The number of Topliss-reactive ketones (excluding diaryl/α,β-unsaturated/α-hetero) is 2. The Hall–Kier alpha value is -2.01. The molecule has 0 saturated heterocycles. The molecule has 1 heterocycles. The molecule has 1 aromatic rings. The fraction of sp³-hybridized carbons (Fsp3) is 0.571. The lowest BCUT2D eigenvalue weighted by atomic mass is 9.92. The van der Waals surface area contributed by atoms with Gasteiger partial charge in [0.25, 0.3) is 0 Å². The number of hydrogen-bond acceptors (Lipinski definition) is 5. The molecule has 2 atom stereocenters. The van der Waals surface area contributed by atoms with Crippen molar-refractivity contribution in [2.24, 2.45) is 0 Å². The van der Waals surface area contributed by atoms with Crippen LogP contribution < -0.4 is 0 Å². The normalized spacial score (nSPS) is 20.1. The lowest BCUT2D eigenvalue weighted by molar-refractivity contribution is -0.156. The van der Waals surface area contributed by atoms with Crippen LogP contribution in [0.15, 0.2) is 24.3 Å². The fourth-order valence-corrected chi connectivity index (χ4v) is 3.37. The number of aliphatic hydroxyl groups excluding tert-OH is 1. The lowest BCUT2D eigenvalue weighted by Gasteiger charge is -2.22. The summed E-state index contributed by atoms with van der Waals surface area (Å²) < 4.78 is 5.53. The molecule has 2 rings (SSSR count). The highest BCUT2D eigenvalue weighted by Crippen LogP contribution is 2.27. The molecular formula is C21H28O5. The highest BCUT2D eigenvalue weighted by molar-refractivity contribution is 5.88. The number of cyclic esters (lactones) is 1. The van der Waals surface area contributed by atoms with Gasteiger partial charge in [-0.2, -0.15) is 0 Å². The molecule has 1 aromatic carbocycles. The predicted octanol–water partition coefficient (Wildman–Crippen LogP) is 3.47. The van der Waals surface area contributed by atoms with Crippen molar-refractivity contribution < 1.29 is 24.2 Å². The highest BCUT2D eigenvalue weighted by atomic mass is 16.5. The Labute approximate surface area is 154 Å². The molecule has 0 fully saturated rings. The van der Waals surface area contributed by atoms with E-state index < -0.39 is 12.2 Å². The highest BCUT2D eigenvalue weighted by Gasteiger charge is 2.28. The number of rotatable bonds is 5. The van der Waals surface area contributed by atoms with Crippen LogP contribution in [-0.2, 0) is 25.5 Å². The molecule has 5 heteroatoms. The van der Waals surface area contributed by atoms with Gasteiger partial charge in [-0.15, -0.1) is 0 Å². The SMILES string of the molecule is CC(=O)C[C@@H](O)CC(=O)[C@@H]1OC(=O)CCCCCCCc2ccccc21. The van der Waals surface area contributed by atoms with Crippen LogP contribution >= 0.6 is 0 Å². The fourth-order valence-electron chi connectivity index (χ4n) is 3.37. The third-order valence-corrected chi connectivity index (χ3v) is 4.67. The Morgan fingerprint density at radius 1 is 1.08 bits per heavy atom. The topological polar surface area (TPSA) is 80.7 Å². The number of carbonyl (C=O) groups is 3. The van der Waals surface area contributed by atoms with Crippen molar-refractivity contribution in [2.45, 2.75) is 76.9 Å². The number of benzene rings is 1. The summed E-state index contributed by atoms with van der Waals surface area (Å²) in [5, 5.41) is 9.96. The molecule has 0 unspecified atom stereocenters. The molecule has 142 valence electrons. The van der Waals surface area contributed by atoms with Gasteiger partial charge in [-0.1, -0.05) is 43.5 Å². The van der Waals surface area contributed by atoms with E-state index in [-0.39, 0.29) is 30.4 Å². The summed E-state index contributed by atoms with van der Waals surface area (Å²) in [7, 11) is 0. The van der Waals surface area contributed by atoms with E-state index in [0.29, 0.717) is 12.0 Å². The molecule has 26 heavy (non-hydrogen) atoms. The number of aryl methyl sites for hydroxylation is 1. The van der Waals surface area contributed by atoms with Crippen molar-refractivity contribution in [3.8, 4) is 0 Å². The number of aliphatic hydroxyl groups is 1. The molecule has 0 spiro atoms. The number of carbonyl (C=O) groups excluding carboxylic acids is 3. The minimum Gasteiger partial charge on any atom is -0.449 e. The van der Waals surface area contributed by atoms with Gasteiger partial charge in [-0.3, -0.25) is 14.4 Å². The Kier molecular flexibility index (Phi) is 7.98. The third kappa shape index (κ3) is 6.37. The maximum Gasteiger partial charge on any atom is 0.306 e. The second-order valence-electron chi connectivity index (χ2n) is 7.07. The second-order valence-corrected chi connectivity index (χ2v) is 7.07. The summed E-state index contributed by atoms with van der Waals surface area (Å²) in [5.74, 6) is -0.933. The van der Waals surface area contributed by atoms with Crippen molar-refractivity contribution >= 4 is 17.5 Å². The summed E-state index contributed by atoms with van der Waals surface area (Å²) >= 11 is 0. The van der Waals surface area contributed by atoms with E-state index in [4.69, 9.17) is 4.74 Å². The Morgan fingerprint density at radius 2 is 1.73 bits per heavy atom. The second kappa shape index (κ2) is 10.2. The predicted molar refractivity (Wildman–Crippen MR) is 97.6 cm³/mol. The maximum atomic E-state index is 12.8. The third-order valence-electron chi connectivity index (χ3n) is 4.67. The van der Waals surface area contributed by atoms with E-state index >= 15 is 0 Å². The van der Waals surface area contributed by atoms with E-state index in [1.165, 1.54) is 6.92 Å². The average molecular weight is 360 g/mol. The van der Waals surface area contributed by atoms with Gasteiger partial charge in [-0.05, 0) is 31.7 Å². The van der Waals surface area contributed by atoms with Crippen molar-refractivity contribution in [1.29, 1.82) is 0 Å². The van der Waals surface area contributed by atoms with Crippen LogP contribution in [0.4, 0.5) is 0 Å². The van der Waals surface area contributed by atoms with Crippen molar-refractivity contribution in [2.75, 3.05) is 0 Å². The Morgan fingerprint density at radius 3 is 2.46 bits per heavy atom. The molecule has 1 aliphatic heterocycles.